The molecule has 0 aliphatic rings. The molecule has 0 radical (unpaired) electrons. The third-order valence-corrected chi connectivity index (χ3v) is 1.30. The van der Waals surface area contributed by atoms with Crippen LogP contribution >= 0.6 is 0 Å². The van der Waals surface area contributed by atoms with Crippen LogP contribution in [0.1, 0.15) is 5.82 Å². The van der Waals surface area contributed by atoms with E-state index in [1.54, 1.807) is 17.0 Å². The molecule has 62 valence electrons. The minimum absolute atomic E-state index is 0. The first kappa shape index (κ1) is 10.2. The molecule has 1 rings (SSSR count). The van der Waals surface area contributed by atoms with E-state index in [0.717, 1.165) is 5.82 Å². The van der Waals surface area contributed by atoms with Gasteiger partial charge in [0, 0.05) is 6.92 Å². The van der Waals surface area contributed by atoms with Crippen molar-refractivity contribution >= 4 is 5.91 Å². The first-order valence-corrected chi connectivity index (χ1v) is 3.02. The molecule has 1 amide bonds. The third-order valence-electron chi connectivity index (χ3n) is 1.30. The van der Waals surface area contributed by atoms with Crippen LogP contribution in [0.5, 0.6) is 0 Å². The number of hydrogen-bond acceptors (Lipinski definition) is 1. The molecule has 5 heteroatoms. The van der Waals surface area contributed by atoms with Crippen molar-refractivity contribution < 1.29 is 26.3 Å². The second-order valence-corrected chi connectivity index (χ2v) is 2.14. The second kappa shape index (κ2) is 4.12. The quantitative estimate of drug-likeness (QED) is 0.492. The van der Waals surface area contributed by atoms with Crippen molar-refractivity contribution in [1.82, 2.24) is 4.98 Å². The van der Waals surface area contributed by atoms with Gasteiger partial charge in [-0.05, 0) is 0 Å². The fourth-order valence-corrected chi connectivity index (χ4v) is 0.782. The molecule has 4 nitrogen and oxygen atoms in total. The van der Waals surface area contributed by atoms with Crippen molar-refractivity contribution in [3.8, 4) is 0 Å². The number of amides is 1. The monoisotopic (exact) mass is 219 g/mol. The molecular weight excluding hydrogens is 210 g/mol. The van der Waals surface area contributed by atoms with Crippen LogP contribution < -0.4 is 27.3 Å². The number of aryl methyl sites for hydroxylation is 1. The normalized spacial score (nSPS) is 8.82. The molecule has 0 bridgehead atoms. The van der Waals surface area contributed by atoms with Gasteiger partial charge in [-0.25, -0.2) is 9.55 Å². The zero-order valence-corrected chi connectivity index (χ0v) is 7.76. The Bertz CT molecular complexity index is 246. The fraction of sp³-hybridized carbons (Fsp3) is 0.333. The van der Waals surface area contributed by atoms with E-state index in [-0.39, 0.29) is 29.4 Å². The van der Waals surface area contributed by atoms with E-state index in [4.69, 9.17) is 5.73 Å². The van der Waals surface area contributed by atoms with Gasteiger partial charge >= 0.3 is 0 Å². The average Bonchev–Trinajstić information content (AvgIpc) is 2.15. The van der Waals surface area contributed by atoms with Gasteiger partial charge < -0.3 is 22.7 Å². The summed E-state index contributed by atoms with van der Waals surface area (Å²) in [5.41, 5.74) is 4.98. The van der Waals surface area contributed by atoms with E-state index in [0.29, 0.717) is 0 Å². The zero-order chi connectivity index (χ0) is 7.56. The van der Waals surface area contributed by atoms with E-state index in [9.17, 15) is 4.79 Å². The summed E-state index contributed by atoms with van der Waals surface area (Å²) in [6.07, 6.45) is 3.54. The highest BCUT2D eigenvalue weighted by molar-refractivity contribution is 5.72. The Morgan fingerprint density at radius 2 is 2.45 bits per heavy atom. The standard InChI is InChI=1S/C6H9N3O.BrH/c1-5-8-2-3-9(5)4-6(7)10;/h2-3H,4H2,1H3,(H2,7,10);1H. The highest BCUT2D eigenvalue weighted by Crippen LogP contribution is 1.79. The van der Waals surface area contributed by atoms with Crippen LogP contribution in [-0.4, -0.2) is 10.9 Å². The second-order valence-electron chi connectivity index (χ2n) is 2.14. The largest absolute Gasteiger partial charge is 1.00 e. The number of hydrogen-bond donors (Lipinski definition) is 2. The van der Waals surface area contributed by atoms with E-state index in [1.807, 2.05) is 6.92 Å². The fourth-order valence-electron chi connectivity index (χ4n) is 0.782. The molecule has 0 aromatic carbocycles. The minimum Gasteiger partial charge on any atom is -1.00 e. The molecule has 11 heavy (non-hydrogen) atoms. The average molecular weight is 220 g/mol. The highest BCUT2D eigenvalue weighted by Gasteiger charge is 2.05. The number of carbonyl (C=O) groups is 1. The van der Waals surface area contributed by atoms with E-state index in [1.165, 1.54) is 0 Å². The van der Waals surface area contributed by atoms with Crippen molar-refractivity contribution in [2.75, 3.05) is 0 Å². The third kappa shape index (κ3) is 2.71. The Balaban J connectivity index is 0.000001000. The molecule has 0 aliphatic heterocycles. The van der Waals surface area contributed by atoms with Gasteiger partial charge in [0.2, 0.25) is 0 Å². The molecule has 0 spiro atoms. The number of halogens is 1. The number of H-pyrrole nitrogens is 1. The van der Waals surface area contributed by atoms with Crippen molar-refractivity contribution in [3.05, 3.63) is 18.2 Å². The molecule has 1 aromatic rings. The predicted molar refractivity (Wildman–Crippen MR) is 34.9 cm³/mol. The first-order valence-electron chi connectivity index (χ1n) is 3.02. The lowest BCUT2D eigenvalue weighted by molar-refractivity contribution is -0.689. The number of aromatic nitrogens is 2. The molecule has 0 saturated carbocycles. The minimum atomic E-state index is -0.326. The number of primary amides is 1. The summed E-state index contributed by atoms with van der Waals surface area (Å²) >= 11 is 0. The summed E-state index contributed by atoms with van der Waals surface area (Å²) in [6.45, 7) is 2.12. The van der Waals surface area contributed by atoms with Crippen LogP contribution in [0.25, 0.3) is 0 Å². The Morgan fingerprint density at radius 3 is 2.82 bits per heavy atom. The van der Waals surface area contributed by atoms with Gasteiger partial charge in [0.25, 0.3) is 11.7 Å². The lowest BCUT2D eigenvalue weighted by Gasteiger charge is -1.90. The Kier molecular flexibility index (Phi) is 3.81. The van der Waals surface area contributed by atoms with Crippen LogP contribution in [0, 0.1) is 6.92 Å². The molecule has 0 saturated heterocycles. The number of imidazole rings is 1. The number of nitrogens with zero attached hydrogens (tertiary/aromatic N) is 1. The Labute approximate surface area is 75.2 Å². The van der Waals surface area contributed by atoms with Crippen LogP contribution in [0.2, 0.25) is 0 Å². The Morgan fingerprint density at radius 1 is 1.82 bits per heavy atom. The lowest BCUT2D eigenvalue weighted by atomic mass is 10.5. The van der Waals surface area contributed by atoms with E-state index in [2.05, 4.69) is 4.98 Å². The van der Waals surface area contributed by atoms with Crippen LogP contribution in [0.4, 0.5) is 0 Å². The van der Waals surface area contributed by atoms with Gasteiger partial charge in [0.15, 0.2) is 6.54 Å². The Hall–Kier alpha value is -0.840. The molecule has 3 N–H and O–H groups in total. The summed E-state index contributed by atoms with van der Waals surface area (Å²) in [6, 6.07) is 0. The molecule has 1 heterocycles. The SMILES string of the molecule is Cc1[nH]cc[n+]1CC(N)=O.[Br-]. The maximum absolute atomic E-state index is 10.4. The summed E-state index contributed by atoms with van der Waals surface area (Å²) in [5, 5.41) is 0. The summed E-state index contributed by atoms with van der Waals surface area (Å²) in [7, 11) is 0. The van der Waals surface area contributed by atoms with Gasteiger partial charge in [0.1, 0.15) is 12.4 Å². The number of nitrogens with two attached hydrogens (primary N) is 1. The van der Waals surface area contributed by atoms with Crippen LogP contribution in [0.3, 0.4) is 0 Å². The molecule has 0 atom stereocenters. The van der Waals surface area contributed by atoms with E-state index < -0.39 is 0 Å². The smallest absolute Gasteiger partial charge is 0.259 e. The molecule has 0 unspecified atom stereocenters. The maximum atomic E-state index is 10.4. The van der Waals surface area contributed by atoms with Gasteiger partial charge in [-0.15, -0.1) is 0 Å². The summed E-state index contributed by atoms with van der Waals surface area (Å²) in [5.74, 6) is 0.603. The molecular formula is C6H10BrN3O. The summed E-state index contributed by atoms with van der Waals surface area (Å²) in [4.78, 5) is 13.3. The lowest BCUT2D eigenvalue weighted by Crippen LogP contribution is -3.00. The number of rotatable bonds is 2. The van der Waals surface area contributed by atoms with Crippen molar-refractivity contribution in [2.45, 2.75) is 13.5 Å². The zero-order valence-electron chi connectivity index (χ0n) is 6.17. The van der Waals surface area contributed by atoms with Crippen molar-refractivity contribution in [3.63, 3.8) is 0 Å². The highest BCUT2D eigenvalue weighted by atomic mass is 79.9. The molecule has 0 aliphatic carbocycles. The van der Waals surface area contributed by atoms with Crippen molar-refractivity contribution in [1.29, 1.82) is 0 Å². The predicted octanol–water partition coefficient (Wildman–Crippen LogP) is -3.90. The van der Waals surface area contributed by atoms with Crippen molar-refractivity contribution in [2.24, 2.45) is 5.73 Å². The van der Waals surface area contributed by atoms with Crippen LogP contribution in [0.15, 0.2) is 12.4 Å². The number of nitrogens with one attached hydrogen (secondary N) is 1. The number of carbonyl (C=O) groups excluding carboxylic acids is 1. The number of aromatic amines is 1. The summed E-state index contributed by atoms with van der Waals surface area (Å²) < 4.78 is 1.75. The van der Waals surface area contributed by atoms with Gasteiger partial charge in [-0.2, -0.15) is 0 Å². The van der Waals surface area contributed by atoms with Gasteiger partial charge in [0.05, 0.1) is 0 Å². The van der Waals surface area contributed by atoms with Gasteiger partial charge in [-0.3, -0.25) is 4.79 Å². The van der Waals surface area contributed by atoms with Crippen LogP contribution in [-0.2, 0) is 11.3 Å². The molecule has 0 fully saturated rings. The van der Waals surface area contributed by atoms with Gasteiger partial charge in [-0.1, -0.05) is 0 Å². The first-order chi connectivity index (χ1) is 4.70. The molecule has 1 aromatic heterocycles. The topological polar surface area (TPSA) is 62.8 Å². The van der Waals surface area contributed by atoms with E-state index >= 15 is 0 Å². The maximum Gasteiger partial charge on any atom is 0.259 e.